The molecule has 0 saturated heterocycles. The molecule has 0 atom stereocenters. The molecule has 14 heteroatoms. The normalized spacial score (nSPS) is 11.1. The van der Waals surface area contributed by atoms with Gasteiger partial charge in [-0.05, 0) is 42.0 Å². The van der Waals surface area contributed by atoms with Gasteiger partial charge < -0.3 is 35.2 Å². The predicted octanol–water partition coefficient (Wildman–Crippen LogP) is 6.59. The number of ether oxygens (including phenoxy) is 2. The molecule has 0 saturated carbocycles. The van der Waals surface area contributed by atoms with Crippen LogP contribution in [0.3, 0.4) is 0 Å². The highest BCUT2D eigenvalue weighted by molar-refractivity contribution is 6.30. The molecule has 0 spiro atoms. The molecule has 6 rings (SSSR count). The molecule has 49 heavy (non-hydrogen) atoms. The molecule has 0 aliphatic heterocycles. The van der Waals surface area contributed by atoms with Gasteiger partial charge in [0.05, 0.1) is 48.8 Å². The van der Waals surface area contributed by atoms with E-state index >= 15 is 0 Å². The minimum absolute atomic E-state index is 0.0521. The Morgan fingerprint density at radius 1 is 0.857 bits per heavy atom. The summed E-state index contributed by atoms with van der Waals surface area (Å²) in [6, 6.07) is 15.3. The smallest absolute Gasteiger partial charge is 0.337 e. The van der Waals surface area contributed by atoms with Crippen LogP contribution in [-0.2, 0) is 5.41 Å². The fraction of sp³-hybridized carbons (Fsp3) is 0.171. The molecule has 5 N–H and O–H groups in total. The van der Waals surface area contributed by atoms with E-state index < -0.39 is 11.9 Å². The van der Waals surface area contributed by atoms with Crippen molar-refractivity contribution >= 4 is 56.9 Å². The van der Waals surface area contributed by atoms with Crippen LogP contribution < -0.4 is 20.1 Å². The average molecular weight is 687 g/mol. The van der Waals surface area contributed by atoms with Gasteiger partial charge in [-0.2, -0.15) is 4.39 Å². The summed E-state index contributed by atoms with van der Waals surface area (Å²) in [5.74, 6) is -1.19. The highest BCUT2D eigenvalue weighted by Crippen LogP contribution is 2.29. The van der Waals surface area contributed by atoms with Gasteiger partial charge in [-0.25, -0.2) is 14.8 Å². The van der Waals surface area contributed by atoms with E-state index in [2.05, 4.69) is 30.6 Å². The van der Waals surface area contributed by atoms with E-state index in [0.29, 0.717) is 50.9 Å². The van der Waals surface area contributed by atoms with Crippen molar-refractivity contribution in [3.05, 3.63) is 113 Å². The van der Waals surface area contributed by atoms with Crippen LogP contribution in [0.5, 0.6) is 11.5 Å². The number of hydrogen-bond donors (Lipinski definition) is 5. The molecular weight excluding hydrogens is 655 g/mol. The van der Waals surface area contributed by atoms with Crippen LogP contribution in [0.15, 0.2) is 79.4 Å². The lowest BCUT2D eigenvalue weighted by Gasteiger charge is -2.26. The molecule has 252 valence electrons. The molecule has 4 heterocycles. The lowest BCUT2D eigenvalue weighted by Crippen LogP contribution is -2.36. The highest BCUT2D eigenvalue weighted by atomic mass is 35.5. The molecular formula is C35H32ClFN6O6. The Bertz CT molecular complexity index is 2160. The van der Waals surface area contributed by atoms with Gasteiger partial charge in [0.15, 0.2) is 11.5 Å². The Balaban J connectivity index is 0.000000299. The van der Waals surface area contributed by atoms with Crippen molar-refractivity contribution in [3.8, 4) is 11.5 Å². The molecule has 0 bridgehead atoms. The van der Waals surface area contributed by atoms with Gasteiger partial charge in [0.25, 0.3) is 11.8 Å². The maximum atomic E-state index is 12.8. The second-order valence-corrected chi connectivity index (χ2v) is 11.9. The number of aromatic amines is 2. The van der Waals surface area contributed by atoms with Crippen molar-refractivity contribution in [2.24, 2.45) is 0 Å². The number of nitrogens with one attached hydrogen (secondary N) is 4. The molecule has 4 aromatic heterocycles. The molecule has 6 aromatic rings. The maximum absolute atomic E-state index is 12.8. The number of methoxy groups -OCH3 is 2. The summed E-state index contributed by atoms with van der Waals surface area (Å²) in [5, 5.41) is 16.0. The van der Waals surface area contributed by atoms with E-state index in [-0.39, 0.29) is 22.8 Å². The summed E-state index contributed by atoms with van der Waals surface area (Å²) in [5.41, 5.74) is 3.59. The number of anilines is 1. The Hall–Kier alpha value is -5.95. The monoisotopic (exact) mass is 686 g/mol. The Morgan fingerprint density at radius 2 is 1.49 bits per heavy atom. The van der Waals surface area contributed by atoms with E-state index in [9.17, 15) is 18.8 Å². The Morgan fingerprint density at radius 3 is 2.14 bits per heavy atom. The Labute approximate surface area is 284 Å². The number of hydrogen-bond acceptors (Lipinski definition) is 7. The first-order valence-electron chi connectivity index (χ1n) is 14.8. The lowest BCUT2D eigenvalue weighted by molar-refractivity contribution is 0.0698. The number of carboxylic acid groups (broad SMARTS) is 1. The van der Waals surface area contributed by atoms with E-state index in [1.54, 1.807) is 43.8 Å². The third kappa shape index (κ3) is 7.79. The van der Waals surface area contributed by atoms with Crippen molar-refractivity contribution in [1.29, 1.82) is 0 Å². The number of carboxylic acids is 1. The zero-order chi connectivity index (χ0) is 35.3. The van der Waals surface area contributed by atoms with E-state index in [1.807, 2.05) is 38.1 Å². The second kappa shape index (κ2) is 14.4. The van der Waals surface area contributed by atoms with Crippen LogP contribution in [0.1, 0.15) is 50.5 Å². The first-order valence-corrected chi connectivity index (χ1v) is 15.2. The zero-order valence-corrected chi connectivity index (χ0v) is 27.6. The summed E-state index contributed by atoms with van der Waals surface area (Å²) in [6.07, 6.45) is 5.83. The van der Waals surface area contributed by atoms with Crippen molar-refractivity contribution in [3.63, 3.8) is 0 Å². The first kappa shape index (κ1) is 34.4. The number of pyridine rings is 2. The van der Waals surface area contributed by atoms with Gasteiger partial charge in [-0.15, -0.1) is 0 Å². The molecule has 0 unspecified atom stereocenters. The molecule has 0 aliphatic rings. The van der Waals surface area contributed by atoms with Crippen LogP contribution in [0.25, 0.3) is 21.8 Å². The molecule has 0 radical (unpaired) electrons. The number of carbonyl (C=O) groups is 3. The first-order chi connectivity index (χ1) is 23.4. The SMILES string of the molecule is COc1ccc(C(=O)Nc2ccc(C(C)(C)CNC(=O)c3c[nH]c4cnc(Cl)cc34)cc2)cc1OC.O=C(O)c1c[nH]c2cnc(F)cc12. The quantitative estimate of drug-likeness (QED) is 0.106. The van der Waals surface area contributed by atoms with Crippen molar-refractivity contribution in [2.75, 3.05) is 26.1 Å². The average Bonchev–Trinajstić information content (AvgIpc) is 3.71. The van der Waals surface area contributed by atoms with Crippen LogP contribution >= 0.6 is 11.6 Å². The molecule has 2 aromatic carbocycles. The summed E-state index contributed by atoms with van der Waals surface area (Å²) in [6.45, 7) is 4.50. The third-order valence-corrected chi connectivity index (χ3v) is 8.01. The number of aromatic nitrogens is 4. The van der Waals surface area contributed by atoms with E-state index in [4.69, 9.17) is 26.2 Å². The number of carbonyl (C=O) groups excluding carboxylic acids is 2. The number of rotatable bonds is 9. The van der Waals surface area contributed by atoms with Gasteiger partial charge in [0, 0.05) is 52.4 Å². The number of amides is 2. The van der Waals surface area contributed by atoms with E-state index in [1.165, 1.54) is 19.5 Å². The third-order valence-electron chi connectivity index (χ3n) is 7.80. The molecule has 2 amide bonds. The maximum Gasteiger partial charge on any atom is 0.337 e. The van der Waals surface area contributed by atoms with Gasteiger partial charge in [-0.3, -0.25) is 9.59 Å². The van der Waals surface area contributed by atoms with Crippen LogP contribution in [0, 0.1) is 5.95 Å². The zero-order valence-electron chi connectivity index (χ0n) is 26.9. The van der Waals surface area contributed by atoms with Gasteiger partial charge in [-0.1, -0.05) is 37.6 Å². The standard InChI is InChI=1S/C27H27ClN4O4.C8H5FN2O2/c1-27(2,15-31-26(34)20-13-29-21-14-30-24(28)12-19(20)21)17-6-8-18(9-7-17)32-25(33)16-5-10-22(35-3)23(11-16)36-4;9-7-1-4-5(8(12)13)2-10-6(4)3-11-7/h5-14,29H,15H2,1-4H3,(H,31,34)(H,32,33);1-3,10H,(H,12,13). The fourth-order valence-corrected chi connectivity index (χ4v) is 5.20. The van der Waals surface area contributed by atoms with Gasteiger partial charge in [0.2, 0.25) is 5.95 Å². The predicted molar refractivity (Wildman–Crippen MR) is 183 cm³/mol. The van der Waals surface area contributed by atoms with E-state index in [0.717, 1.165) is 22.5 Å². The number of benzene rings is 2. The van der Waals surface area contributed by atoms with Crippen LogP contribution in [0.2, 0.25) is 5.15 Å². The van der Waals surface area contributed by atoms with Crippen molar-refractivity contribution < 1.29 is 33.4 Å². The number of aromatic carboxylic acids is 1. The highest BCUT2D eigenvalue weighted by Gasteiger charge is 2.23. The number of halogens is 2. The topological polar surface area (TPSA) is 171 Å². The molecule has 12 nitrogen and oxygen atoms in total. The van der Waals surface area contributed by atoms with Crippen molar-refractivity contribution in [2.45, 2.75) is 19.3 Å². The van der Waals surface area contributed by atoms with Crippen molar-refractivity contribution in [1.82, 2.24) is 25.3 Å². The van der Waals surface area contributed by atoms with Gasteiger partial charge in [0.1, 0.15) is 5.15 Å². The second-order valence-electron chi connectivity index (χ2n) is 11.5. The minimum Gasteiger partial charge on any atom is -0.493 e. The fourth-order valence-electron chi connectivity index (χ4n) is 5.04. The number of H-pyrrole nitrogens is 2. The lowest BCUT2D eigenvalue weighted by atomic mass is 9.84. The minimum atomic E-state index is -1.09. The number of fused-ring (bicyclic) bond motifs is 2. The largest absolute Gasteiger partial charge is 0.493 e. The van der Waals surface area contributed by atoms with Crippen LogP contribution in [0.4, 0.5) is 10.1 Å². The summed E-state index contributed by atoms with van der Waals surface area (Å²) in [4.78, 5) is 49.3. The molecule has 0 aliphatic carbocycles. The summed E-state index contributed by atoms with van der Waals surface area (Å²) < 4.78 is 23.1. The Kier molecular flexibility index (Phi) is 10.1. The summed E-state index contributed by atoms with van der Waals surface area (Å²) >= 11 is 5.99. The summed E-state index contributed by atoms with van der Waals surface area (Å²) in [7, 11) is 3.07. The molecule has 0 fully saturated rings. The van der Waals surface area contributed by atoms with Gasteiger partial charge >= 0.3 is 5.97 Å². The number of nitrogens with zero attached hydrogens (tertiary/aromatic N) is 2. The van der Waals surface area contributed by atoms with Crippen LogP contribution in [-0.4, -0.2) is 63.6 Å².